The summed E-state index contributed by atoms with van der Waals surface area (Å²) >= 11 is 1.44. The summed E-state index contributed by atoms with van der Waals surface area (Å²) in [5.74, 6) is 0.464. The Hall–Kier alpha value is -4.36. The molecule has 0 saturated heterocycles. The molecule has 2 aromatic carbocycles. The van der Waals surface area contributed by atoms with E-state index in [-0.39, 0.29) is 11.5 Å². The highest BCUT2D eigenvalue weighted by Gasteiger charge is 2.31. The van der Waals surface area contributed by atoms with Gasteiger partial charge in [0.1, 0.15) is 12.1 Å². The van der Waals surface area contributed by atoms with E-state index < -0.39 is 11.7 Å². The van der Waals surface area contributed by atoms with E-state index in [1.807, 2.05) is 75.5 Å². The van der Waals surface area contributed by atoms with Crippen molar-refractivity contribution in [1.29, 1.82) is 0 Å². The number of halogens is 3. The molecule has 0 bridgehead atoms. The molecule has 1 heterocycles. The summed E-state index contributed by atoms with van der Waals surface area (Å²) in [4.78, 5) is 33.2. The summed E-state index contributed by atoms with van der Waals surface area (Å²) < 4.78 is 37.9. The number of anilines is 4. The molecular weight excluding hydrogens is 591 g/mol. The second kappa shape index (κ2) is 18.3. The van der Waals surface area contributed by atoms with E-state index in [2.05, 4.69) is 31.2 Å². The zero-order valence-corrected chi connectivity index (χ0v) is 26.1. The number of benzene rings is 2. The molecule has 0 aliphatic heterocycles. The Bertz CT molecular complexity index is 1420. The smallest absolute Gasteiger partial charge is 0.388 e. The summed E-state index contributed by atoms with van der Waals surface area (Å²) in [6.07, 6.45) is 2.42. The monoisotopic (exact) mass is 629 g/mol. The molecule has 0 unspecified atom stereocenters. The normalized spacial score (nSPS) is 11.5. The number of rotatable bonds is 11. The maximum Gasteiger partial charge on any atom is 0.416 e. The van der Waals surface area contributed by atoms with Gasteiger partial charge in [0.05, 0.1) is 5.56 Å². The van der Waals surface area contributed by atoms with Crippen LogP contribution in [0.2, 0.25) is 0 Å². The number of amidine groups is 1. The van der Waals surface area contributed by atoms with Gasteiger partial charge in [-0.2, -0.15) is 13.2 Å². The SMILES string of the molecule is CCN(C)CCNc1cc(C=O)cc(C(F)(F)F)c1.CNc1ccc(C)c(NC(=O)/C=C/N=C(Nc2ccccn2)SC)c1. The van der Waals surface area contributed by atoms with E-state index in [9.17, 15) is 22.8 Å². The standard InChI is InChI=1S/C18H21N5OS.C13H17F3N2O/c1-13-7-8-14(19-2)12-15(13)22-17(24)9-11-21-18(25-3)23-16-6-4-5-10-20-16;1-3-18(2)5-4-17-12-7-10(9-19)6-11(8-12)13(14,15)16/h4-12,19H,1-3H3,(H,22,24)(H,20,21,23);6-9,17H,3-5H2,1-2H3/b11-9+;. The Labute approximate surface area is 260 Å². The van der Waals surface area contributed by atoms with Crippen LogP contribution in [0.4, 0.5) is 36.1 Å². The fourth-order valence-electron chi connectivity index (χ4n) is 3.48. The average Bonchev–Trinajstić information content (AvgIpc) is 3.01. The number of hydrogen-bond donors (Lipinski definition) is 4. The number of hydrogen-bond acceptors (Lipinski definition) is 8. The van der Waals surface area contributed by atoms with Crippen LogP contribution in [0.1, 0.15) is 28.4 Å². The first-order valence-electron chi connectivity index (χ1n) is 13.6. The number of nitrogens with zero attached hydrogens (tertiary/aromatic N) is 3. The highest BCUT2D eigenvalue weighted by Crippen LogP contribution is 2.31. The number of likely N-dealkylation sites (N-methyl/N-ethyl adjacent to an activating group) is 1. The van der Waals surface area contributed by atoms with Crippen molar-refractivity contribution in [2.75, 3.05) is 61.3 Å². The van der Waals surface area contributed by atoms with Gasteiger partial charge in [-0.25, -0.2) is 9.98 Å². The lowest BCUT2D eigenvalue weighted by atomic mass is 10.1. The van der Waals surface area contributed by atoms with Crippen molar-refractivity contribution in [3.8, 4) is 0 Å². The van der Waals surface area contributed by atoms with Crippen molar-refractivity contribution >= 4 is 52.0 Å². The number of alkyl halides is 3. The van der Waals surface area contributed by atoms with Crippen LogP contribution < -0.4 is 21.3 Å². The second-order valence-electron chi connectivity index (χ2n) is 9.35. The largest absolute Gasteiger partial charge is 0.416 e. The molecule has 1 aromatic heterocycles. The number of pyridine rings is 1. The van der Waals surface area contributed by atoms with Crippen LogP contribution in [-0.2, 0) is 11.0 Å². The molecule has 0 radical (unpaired) electrons. The van der Waals surface area contributed by atoms with Crippen LogP contribution in [0, 0.1) is 6.92 Å². The number of carbonyl (C=O) groups is 2. The third-order valence-electron chi connectivity index (χ3n) is 6.08. The van der Waals surface area contributed by atoms with Gasteiger partial charge >= 0.3 is 6.18 Å². The van der Waals surface area contributed by atoms with E-state index >= 15 is 0 Å². The maximum absolute atomic E-state index is 12.6. The molecule has 13 heteroatoms. The number of thioether (sulfide) groups is 1. The summed E-state index contributed by atoms with van der Waals surface area (Å²) in [5, 5.41) is 12.5. The van der Waals surface area contributed by atoms with Crippen molar-refractivity contribution in [2.45, 2.75) is 20.0 Å². The van der Waals surface area contributed by atoms with Gasteiger partial charge in [0.2, 0.25) is 5.91 Å². The van der Waals surface area contributed by atoms with E-state index in [0.717, 1.165) is 35.6 Å². The Morgan fingerprint density at radius 1 is 1.09 bits per heavy atom. The molecule has 236 valence electrons. The van der Waals surface area contributed by atoms with Crippen LogP contribution >= 0.6 is 11.8 Å². The number of aromatic nitrogens is 1. The molecule has 0 aliphatic rings. The molecule has 0 saturated carbocycles. The van der Waals surface area contributed by atoms with Crippen molar-refractivity contribution in [1.82, 2.24) is 9.88 Å². The maximum atomic E-state index is 12.6. The third kappa shape index (κ3) is 12.9. The highest BCUT2D eigenvalue weighted by atomic mass is 32.2. The van der Waals surface area contributed by atoms with Crippen LogP contribution in [0.3, 0.4) is 0 Å². The number of aldehydes is 1. The highest BCUT2D eigenvalue weighted by molar-refractivity contribution is 8.13. The minimum Gasteiger partial charge on any atom is -0.388 e. The lowest BCUT2D eigenvalue weighted by Crippen LogP contribution is -2.24. The Morgan fingerprint density at radius 3 is 2.48 bits per heavy atom. The summed E-state index contributed by atoms with van der Waals surface area (Å²) in [7, 11) is 3.76. The Balaban J connectivity index is 0.000000319. The molecule has 9 nitrogen and oxygen atoms in total. The number of aliphatic imine (C=N–C) groups is 1. The van der Waals surface area contributed by atoms with E-state index in [1.165, 1.54) is 30.1 Å². The minimum atomic E-state index is -4.45. The van der Waals surface area contributed by atoms with Crippen LogP contribution in [0.25, 0.3) is 0 Å². The number of carbonyl (C=O) groups excluding carboxylic acids is 2. The predicted octanol–water partition coefficient (Wildman–Crippen LogP) is 6.60. The molecule has 0 aliphatic carbocycles. The summed E-state index contributed by atoms with van der Waals surface area (Å²) in [6.45, 7) is 6.03. The molecule has 1 amide bonds. The Kier molecular flexibility index (Phi) is 14.9. The van der Waals surface area contributed by atoms with E-state index in [1.54, 1.807) is 6.20 Å². The summed E-state index contributed by atoms with van der Waals surface area (Å²) in [5.41, 5.74) is 2.20. The second-order valence-corrected chi connectivity index (χ2v) is 10.1. The topological polar surface area (TPSA) is 111 Å². The van der Waals surface area contributed by atoms with Crippen LogP contribution in [-0.4, -0.2) is 67.2 Å². The van der Waals surface area contributed by atoms with Crippen molar-refractivity contribution in [3.05, 3.63) is 89.8 Å². The lowest BCUT2D eigenvalue weighted by Gasteiger charge is -2.16. The van der Waals surface area contributed by atoms with Crippen molar-refractivity contribution in [3.63, 3.8) is 0 Å². The fourth-order valence-corrected chi connectivity index (χ4v) is 3.85. The zero-order chi connectivity index (χ0) is 32.5. The predicted molar refractivity (Wildman–Crippen MR) is 176 cm³/mol. The zero-order valence-electron chi connectivity index (χ0n) is 25.3. The molecular formula is C31H38F3N7O2S. The molecule has 3 aromatic rings. The van der Waals surface area contributed by atoms with E-state index in [4.69, 9.17) is 0 Å². The first-order chi connectivity index (χ1) is 21.0. The fraction of sp³-hybridized carbons (Fsp3) is 0.290. The molecule has 0 fully saturated rings. The van der Waals surface area contributed by atoms with Crippen LogP contribution in [0.15, 0.2) is 78.1 Å². The molecule has 0 spiro atoms. The van der Waals surface area contributed by atoms with Gasteiger partial charge in [-0.15, -0.1) is 0 Å². The van der Waals surface area contributed by atoms with Gasteiger partial charge in [0, 0.05) is 61.2 Å². The molecule has 44 heavy (non-hydrogen) atoms. The van der Waals surface area contributed by atoms with Gasteiger partial charge in [0.25, 0.3) is 0 Å². The van der Waals surface area contributed by atoms with Crippen molar-refractivity contribution < 1.29 is 22.8 Å². The molecule has 4 N–H and O–H groups in total. The van der Waals surface area contributed by atoms with Gasteiger partial charge in [0.15, 0.2) is 5.17 Å². The van der Waals surface area contributed by atoms with E-state index in [0.29, 0.717) is 36.0 Å². The van der Waals surface area contributed by atoms with Gasteiger partial charge < -0.3 is 26.2 Å². The quantitative estimate of drug-likeness (QED) is 0.0814. The van der Waals surface area contributed by atoms with Crippen molar-refractivity contribution in [2.24, 2.45) is 4.99 Å². The number of nitrogens with one attached hydrogen (secondary N) is 4. The minimum absolute atomic E-state index is 0.0150. The Morgan fingerprint density at radius 2 is 1.86 bits per heavy atom. The van der Waals surface area contributed by atoms with Gasteiger partial charge in [-0.05, 0) is 74.8 Å². The first kappa shape index (κ1) is 35.8. The van der Waals surface area contributed by atoms with Gasteiger partial charge in [-0.3, -0.25) is 9.59 Å². The molecule has 3 rings (SSSR count). The summed E-state index contributed by atoms with van der Waals surface area (Å²) in [6, 6.07) is 14.6. The van der Waals surface area contributed by atoms with Crippen LogP contribution in [0.5, 0.6) is 0 Å². The third-order valence-corrected chi connectivity index (χ3v) is 6.67. The molecule has 0 atom stereocenters. The average molecular weight is 630 g/mol. The lowest BCUT2D eigenvalue weighted by molar-refractivity contribution is -0.137. The van der Waals surface area contributed by atoms with Gasteiger partial charge in [-0.1, -0.05) is 30.8 Å². The first-order valence-corrected chi connectivity index (χ1v) is 14.9. The number of amides is 1. The number of aryl methyl sites for hydroxylation is 1.